The van der Waals surface area contributed by atoms with Crippen LogP contribution in [0.5, 0.6) is 11.5 Å². The average molecular weight is 1410 g/mol. The number of esters is 3. The zero-order valence-electron chi connectivity index (χ0n) is 58.6. The number of unbranched alkanes of at least 4 members (excludes halogenated alkanes) is 1. The number of rotatable bonds is 38. The number of imidazole rings is 1. The lowest BCUT2D eigenvalue weighted by Gasteiger charge is -2.43. The first-order valence-corrected chi connectivity index (χ1v) is 34.4. The number of carbonyl (C=O) groups is 5. The number of amides is 2. The number of hydrogen-bond donors (Lipinski definition) is 3. The number of nitrogens with zero attached hydrogens (tertiary/aromatic N) is 8. The molecule has 542 valence electrons. The third-order valence-electron chi connectivity index (χ3n) is 16.4. The summed E-state index contributed by atoms with van der Waals surface area (Å²) in [4.78, 5) is 87.4. The topological polar surface area (TPSA) is 351 Å². The van der Waals surface area contributed by atoms with Crippen LogP contribution < -0.4 is 25.7 Å². The number of H-pyrrole nitrogens is 1. The number of nitrogens with one attached hydrogen (secondary N) is 3. The molecule has 100 heavy (non-hydrogen) atoms. The Bertz CT molecular complexity index is 3660. The molecule has 2 aliphatic rings. The molecular weight excluding hydrogens is 1320 g/mol. The Kier molecular flexibility index (Phi) is 28.9. The van der Waals surface area contributed by atoms with Gasteiger partial charge in [0.05, 0.1) is 78.8 Å². The Morgan fingerprint density at radius 2 is 1.42 bits per heavy atom. The first-order chi connectivity index (χ1) is 48.0. The molecule has 30 nitrogen and oxygen atoms in total. The van der Waals surface area contributed by atoms with E-state index < -0.39 is 98.6 Å². The van der Waals surface area contributed by atoms with Gasteiger partial charge in [0.1, 0.15) is 59.9 Å². The molecule has 8 rings (SSSR count). The van der Waals surface area contributed by atoms with Gasteiger partial charge in [-0.1, -0.05) is 80.6 Å². The van der Waals surface area contributed by atoms with E-state index in [1.807, 2.05) is 107 Å². The second-order valence-electron chi connectivity index (χ2n) is 24.8. The fourth-order valence-corrected chi connectivity index (χ4v) is 13.4. The maximum Gasteiger partial charge on any atom is 0.303 e. The predicted octanol–water partition coefficient (Wildman–Crippen LogP) is 7.58. The number of ether oxygens (including phenoxy) is 11. The highest BCUT2D eigenvalue weighted by Gasteiger charge is 2.53. The second-order valence-corrected chi connectivity index (χ2v) is 26.2. The number of methoxy groups -OCH3 is 2. The Balaban J connectivity index is 0.998. The van der Waals surface area contributed by atoms with Crippen LogP contribution >= 0.6 is 8.53 Å². The van der Waals surface area contributed by atoms with Crippen molar-refractivity contribution in [3.05, 3.63) is 124 Å². The van der Waals surface area contributed by atoms with E-state index in [0.29, 0.717) is 30.0 Å². The van der Waals surface area contributed by atoms with Crippen LogP contribution in [-0.2, 0) is 94.4 Å². The van der Waals surface area contributed by atoms with Gasteiger partial charge in [-0.3, -0.25) is 43.6 Å². The van der Waals surface area contributed by atoms with Crippen LogP contribution in [0, 0.1) is 23.2 Å². The van der Waals surface area contributed by atoms with Crippen molar-refractivity contribution in [2.24, 2.45) is 11.8 Å². The van der Waals surface area contributed by atoms with Gasteiger partial charge in [0.2, 0.25) is 17.8 Å². The SMILES string of the molecule is COc1ccc(C(OC[C@H]2O[C@@H](n3cnc4c(=O)[nH]c(NC(=O)C(C)C)nc43)[C@H](OCc3cn(CCOCCNC(=O)CCCCOC4OC(COC(C)=O)C(OC(C)=O)C(OC(C)=O)C4C)nn3)[C@@H]2OP(OCCC#N)N(C(C)C)C(C)C)(c2ccccc2)c2ccc(OC)cc2)cc1. The molecule has 3 N–H and O–H groups in total. The van der Waals surface area contributed by atoms with Crippen molar-refractivity contribution < 1.29 is 85.1 Å². The van der Waals surface area contributed by atoms with E-state index in [1.165, 1.54) is 27.1 Å². The van der Waals surface area contributed by atoms with Crippen LogP contribution in [-0.4, -0.2) is 184 Å². The second kappa shape index (κ2) is 37.4. The quantitative estimate of drug-likeness (QED) is 0.0110. The molecule has 0 spiro atoms. The minimum Gasteiger partial charge on any atom is -0.497 e. The number of fused-ring (bicyclic) bond motifs is 1. The maximum absolute atomic E-state index is 13.8. The largest absolute Gasteiger partial charge is 0.497 e. The third-order valence-corrected chi connectivity index (χ3v) is 18.5. The summed E-state index contributed by atoms with van der Waals surface area (Å²) in [6.45, 7) is 17.5. The molecule has 0 radical (unpaired) electrons. The lowest BCUT2D eigenvalue weighted by molar-refractivity contribution is -0.288. The summed E-state index contributed by atoms with van der Waals surface area (Å²) in [5, 5.41) is 24.2. The van der Waals surface area contributed by atoms with Crippen molar-refractivity contribution in [1.82, 2.24) is 44.5 Å². The van der Waals surface area contributed by atoms with E-state index >= 15 is 0 Å². The lowest BCUT2D eigenvalue weighted by atomic mass is 9.80. The van der Waals surface area contributed by atoms with Gasteiger partial charge in [0, 0.05) is 64.3 Å². The minimum absolute atomic E-state index is 0.0447. The van der Waals surface area contributed by atoms with Gasteiger partial charge in [-0.15, -0.1) is 5.10 Å². The highest BCUT2D eigenvalue weighted by Crippen LogP contribution is 2.52. The first-order valence-electron chi connectivity index (χ1n) is 33.3. The number of nitriles is 1. The normalized spacial score (nSPS) is 20.3. The van der Waals surface area contributed by atoms with Crippen molar-refractivity contribution in [3.63, 3.8) is 0 Å². The van der Waals surface area contributed by atoms with Gasteiger partial charge in [-0.05, 0) is 81.5 Å². The summed E-state index contributed by atoms with van der Waals surface area (Å²) in [6, 6.07) is 27.0. The van der Waals surface area contributed by atoms with E-state index in [-0.39, 0.29) is 113 Å². The number of benzene rings is 3. The maximum atomic E-state index is 13.8. The highest BCUT2D eigenvalue weighted by molar-refractivity contribution is 7.44. The molecule has 10 atom stereocenters. The van der Waals surface area contributed by atoms with Crippen molar-refractivity contribution in [3.8, 4) is 17.6 Å². The molecule has 0 saturated carbocycles. The Hall–Kier alpha value is -8.34. The molecule has 2 saturated heterocycles. The molecule has 3 aromatic heterocycles. The zero-order valence-corrected chi connectivity index (χ0v) is 59.5. The monoisotopic (exact) mass is 1410 g/mol. The molecule has 2 fully saturated rings. The molecule has 2 aliphatic heterocycles. The van der Waals surface area contributed by atoms with Crippen LogP contribution in [0.2, 0.25) is 0 Å². The number of aromatic amines is 1. The summed E-state index contributed by atoms with van der Waals surface area (Å²) in [5.74, 6) is -2.25. The molecule has 31 heteroatoms. The molecule has 6 aromatic rings. The van der Waals surface area contributed by atoms with E-state index in [2.05, 4.69) is 41.7 Å². The van der Waals surface area contributed by atoms with Gasteiger partial charge >= 0.3 is 17.9 Å². The first kappa shape index (κ1) is 77.4. The molecule has 2 amide bonds. The average Bonchev–Trinajstić information content (AvgIpc) is 1.26. The van der Waals surface area contributed by atoms with E-state index in [1.54, 1.807) is 50.4 Å². The van der Waals surface area contributed by atoms with Crippen LogP contribution in [0.25, 0.3) is 11.2 Å². The van der Waals surface area contributed by atoms with E-state index in [9.17, 15) is 34.0 Å². The fraction of sp³-hybridized carbons (Fsp3) is 0.551. The number of carbonyl (C=O) groups excluding carboxylic acids is 5. The molecular formula is C69H92N11O19P. The summed E-state index contributed by atoms with van der Waals surface area (Å²) >= 11 is 0. The van der Waals surface area contributed by atoms with Crippen molar-refractivity contribution in [2.45, 2.75) is 175 Å². The van der Waals surface area contributed by atoms with Crippen LogP contribution in [0.1, 0.15) is 124 Å². The van der Waals surface area contributed by atoms with Crippen LogP contribution in [0.3, 0.4) is 0 Å². The number of aromatic nitrogens is 7. The summed E-state index contributed by atoms with van der Waals surface area (Å²) in [6.07, 6.45) is -3.85. The Labute approximate surface area is 582 Å². The minimum atomic E-state index is -2.00. The third kappa shape index (κ3) is 20.4. The van der Waals surface area contributed by atoms with Crippen LogP contribution in [0.4, 0.5) is 5.95 Å². The lowest BCUT2D eigenvalue weighted by Crippen LogP contribution is -2.58. The van der Waals surface area contributed by atoms with Crippen molar-refractivity contribution >= 4 is 55.4 Å². The smallest absolute Gasteiger partial charge is 0.303 e. The summed E-state index contributed by atoms with van der Waals surface area (Å²) in [7, 11) is 1.19. The Morgan fingerprint density at radius 3 is 2.04 bits per heavy atom. The summed E-state index contributed by atoms with van der Waals surface area (Å²) in [5.41, 5.74) is 0.769. The van der Waals surface area contributed by atoms with Crippen molar-refractivity contribution in [1.29, 1.82) is 5.26 Å². The number of anilines is 1. The molecule has 3 aromatic carbocycles. The molecule has 5 heterocycles. The highest BCUT2D eigenvalue weighted by atomic mass is 31.2. The van der Waals surface area contributed by atoms with Crippen LogP contribution in [0.15, 0.2) is 96.2 Å². The van der Waals surface area contributed by atoms with Gasteiger partial charge in [0.25, 0.3) is 14.1 Å². The standard InChI is InChI=1S/C69H92N11O19P/c1-42(2)64(85)74-68-73-63-58(65(86)75-68)72-41-79(63)66-62(92-38-52-37-78(77-76-52)32-36-89-35-31-71-57(84)21-16-17-33-90-67-45(7)59(95-47(9)82)60(96-48(10)83)55(98-67)39-91-46(8)81)61(99-100(94-34-18-30-70)80(43(3)4)44(5)6)56(97-66)40-93-69(49-19-14-13-15-20-49,50-22-26-53(87-11)27-23-50)51-24-28-54(88-12)29-25-51/h13-15,19-20,22-29,37,41-45,55-56,59-62,66-67H,16-18,21,31-36,38-40H2,1-12H3,(H,71,84)(H2,73,74,75,85,86)/t45?,55?,56-,59?,60?,61-,62-,66-,67?,100?/m1/s1. The zero-order chi connectivity index (χ0) is 72.0. The van der Waals surface area contributed by atoms with E-state index in [4.69, 9.17) is 66.1 Å². The number of hydrogen-bond acceptors (Lipinski definition) is 25. The molecule has 0 aliphatic carbocycles. The summed E-state index contributed by atoms with van der Waals surface area (Å²) < 4.78 is 86.4. The van der Waals surface area contributed by atoms with E-state index in [0.717, 1.165) is 16.7 Å². The van der Waals surface area contributed by atoms with Gasteiger partial charge in [-0.2, -0.15) is 10.2 Å². The predicted molar refractivity (Wildman–Crippen MR) is 362 cm³/mol. The Morgan fingerprint density at radius 1 is 0.770 bits per heavy atom. The fourth-order valence-electron chi connectivity index (χ4n) is 11.6. The molecule has 0 bridgehead atoms. The van der Waals surface area contributed by atoms with Crippen molar-refractivity contribution in [2.75, 3.05) is 65.7 Å². The van der Waals surface area contributed by atoms with Gasteiger partial charge < -0.3 is 66.5 Å². The molecule has 6 unspecified atom stereocenters. The van der Waals surface area contributed by atoms with Gasteiger partial charge in [0.15, 0.2) is 29.8 Å². The van der Waals surface area contributed by atoms with Gasteiger partial charge in [-0.25, -0.2) is 14.3 Å².